The van der Waals surface area contributed by atoms with E-state index >= 15 is 0 Å². The van der Waals surface area contributed by atoms with E-state index in [1.807, 2.05) is 13.1 Å². The van der Waals surface area contributed by atoms with Crippen LogP contribution in [-0.4, -0.2) is 45.9 Å². The molecule has 0 saturated carbocycles. The summed E-state index contributed by atoms with van der Waals surface area (Å²) in [6.07, 6.45) is 5.99. The van der Waals surface area contributed by atoms with Crippen molar-refractivity contribution < 1.29 is 4.79 Å². The fourth-order valence-electron chi connectivity index (χ4n) is 2.93. The lowest BCUT2D eigenvalue weighted by Crippen LogP contribution is -2.31. The van der Waals surface area contributed by atoms with Crippen LogP contribution in [0.3, 0.4) is 0 Å². The van der Waals surface area contributed by atoms with Gasteiger partial charge in [-0.3, -0.25) is 9.78 Å². The van der Waals surface area contributed by atoms with Crippen molar-refractivity contribution in [3.8, 4) is 10.6 Å². The number of piperidine rings is 1. The lowest BCUT2D eigenvalue weighted by molar-refractivity contribution is -0.114. The number of hydrogen-bond donors (Lipinski definition) is 1. The Labute approximate surface area is 140 Å². The van der Waals surface area contributed by atoms with E-state index in [0.29, 0.717) is 11.0 Å². The number of rotatable bonds is 3. The third-order valence-electron chi connectivity index (χ3n) is 4.01. The standard InChI is InChI=1S/C16H21N5OS/c1-10-15(23-16(18-10)19-11(2)22)14-8-17-7-13(20-14)12-5-4-6-21(3)9-12/h7-8,12H,4-6,9H2,1-3H3,(H,18,19,22)/t12-/m0/s1. The second kappa shape index (κ2) is 6.72. The number of nitrogens with zero attached hydrogens (tertiary/aromatic N) is 4. The first kappa shape index (κ1) is 16.0. The molecular formula is C16H21N5OS. The summed E-state index contributed by atoms with van der Waals surface area (Å²) in [5, 5.41) is 3.34. The molecule has 23 heavy (non-hydrogen) atoms. The molecule has 2 aromatic rings. The molecular weight excluding hydrogens is 310 g/mol. The van der Waals surface area contributed by atoms with Crippen molar-refractivity contribution in [2.24, 2.45) is 0 Å². The molecule has 3 heterocycles. The van der Waals surface area contributed by atoms with Gasteiger partial charge in [0.05, 0.1) is 22.5 Å². The van der Waals surface area contributed by atoms with Gasteiger partial charge in [0.1, 0.15) is 5.69 Å². The Bertz CT molecular complexity index is 714. The van der Waals surface area contributed by atoms with Gasteiger partial charge < -0.3 is 10.2 Å². The highest BCUT2D eigenvalue weighted by Crippen LogP contribution is 2.32. The molecule has 0 unspecified atom stereocenters. The van der Waals surface area contributed by atoms with Gasteiger partial charge >= 0.3 is 0 Å². The Hall–Kier alpha value is -1.86. The quantitative estimate of drug-likeness (QED) is 0.936. The number of likely N-dealkylation sites (tertiary alicyclic amines) is 1. The number of aryl methyl sites for hydroxylation is 1. The van der Waals surface area contributed by atoms with Gasteiger partial charge in [0.25, 0.3) is 0 Å². The van der Waals surface area contributed by atoms with Gasteiger partial charge in [-0.2, -0.15) is 0 Å². The molecule has 1 aliphatic rings. The predicted molar refractivity (Wildman–Crippen MR) is 91.7 cm³/mol. The molecule has 3 rings (SSSR count). The lowest BCUT2D eigenvalue weighted by atomic mass is 9.95. The Balaban J connectivity index is 1.87. The summed E-state index contributed by atoms with van der Waals surface area (Å²) in [6.45, 7) is 5.59. The zero-order valence-corrected chi connectivity index (χ0v) is 14.5. The number of nitrogens with one attached hydrogen (secondary N) is 1. The molecule has 0 aromatic carbocycles. The second-order valence-corrected chi connectivity index (χ2v) is 7.04. The van der Waals surface area contributed by atoms with Gasteiger partial charge in [-0.1, -0.05) is 11.3 Å². The van der Waals surface area contributed by atoms with Crippen LogP contribution in [0.15, 0.2) is 12.4 Å². The maximum absolute atomic E-state index is 11.2. The largest absolute Gasteiger partial charge is 0.306 e. The van der Waals surface area contributed by atoms with E-state index in [1.54, 1.807) is 6.20 Å². The van der Waals surface area contributed by atoms with Crippen molar-refractivity contribution in [3.05, 3.63) is 23.8 Å². The molecule has 122 valence electrons. The van der Waals surface area contributed by atoms with Crippen LogP contribution in [0.4, 0.5) is 5.13 Å². The van der Waals surface area contributed by atoms with Crippen molar-refractivity contribution in [2.75, 3.05) is 25.5 Å². The average molecular weight is 331 g/mol. The van der Waals surface area contributed by atoms with E-state index in [9.17, 15) is 4.79 Å². The van der Waals surface area contributed by atoms with Crippen molar-refractivity contribution in [2.45, 2.75) is 32.6 Å². The molecule has 1 aliphatic heterocycles. The van der Waals surface area contributed by atoms with Crippen molar-refractivity contribution in [1.82, 2.24) is 19.9 Å². The highest BCUT2D eigenvalue weighted by Gasteiger charge is 2.21. The summed E-state index contributed by atoms with van der Waals surface area (Å²) in [4.78, 5) is 28.1. The maximum atomic E-state index is 11.2. The van der Waals surface area contributed by atoms with Gasteiger partial charge in [-0.15, -0.1) is 0 Å². The third-order valence-corrected chi connectivity index (χ3v) is 5.10. The zero-order valence-electron chi connectivity index (χ0n) is 13.7. The molecule has 6 nitrogen and oxygen atoms in total. The first-order valence-corrected chi connectivity index (χ1v) is 8.60. The molecule has 0 spiro atoms. The number of carbonyl (C=O) groups excluding carboxylic acids is 1. The van der Waals surface area contributed by atoms with Gasteiger partial charge in [-0.05, 0) is 33.4 Å². The molecule has 0 radical (unpaired) electrons. The zero-order chi connectivity index (χ0) is 16.4. The number of likely N-dealkylation sites (N-methyl/N-ethyl adjacent to an activating group) is 1. The minimum atomic E-state index is -0.115. The summed E-state index contributed by atoms with van der Waals surface area (Å²) >= 11 is 1.44. The van der Waals surface area contributed by atoms with Gasteiger partial charge in [-0.25, -0.2) is 9.97 Å². The van der Waals surface area contributed by atoms with Crippen LogP contribution < -0.4 is 5.32 Å². The van der Waals surface area contributed by atoms with Crippen LogP contribution in [0.2, 0.25) is 0 Å². The third kappa shape index (κ3) is 3.73. The highest BCUT2D eigenvalue weighted by molar-refractivity contribution is 7.19. The molecule has 2 aromatic heterocycles. The summed E-state index contributed by atoms with van der Waals surface area (Å²) in [6, 6.07) is 0. The van der Waals surface area contributed by atoms with Gasteiger partial charge in [0.15, 0.2) is 5.13 Å². The van der Waals surface area contributed by atoms with E-state index in [4.69, 9.17) is 4.98 Å². The van der Waals surface area contributed by atoms with Gasteiger partial charge in [0, 0.05) is 25.6 Å². The molecule has 0 aliphatic carbocycles. The summed E-state index contributed by atoms with van der Waals surface area (Å²) in [7, 11) is 2.15. The highest BCUT2D eigenvalue weighted by atomic mass is 32.1. The Morgan fingerprint density at radius 3 is 2.96 bits per heavy atom. The van der Waals surface area contributed by atoms with Crippen LogP contribution >= 0.6 is 11.3 Å². The molecule has 1 amide bonds. The normalized spacial score (nSPS) is 18.8. The van der Waals surface area contributed by atoms with Crippen LogP contribution in [0.5, 0.6) is 0 Å². The van der Waals surface area contributed by atoms with Crippen LogP contribution in [0.25, 0.3) is 10.6 Å². The fourth-order valence-corrected chi connectivity index (χ4v) is 3.90. The van der Waals surface area contributed by atoms with E-state index in [0.717, 1.165) is 41.5 Å². The minimum absolute atomic E-state index is 0.115. The Morgan fingerprint density at radius 2 is 2.22 bits per heavy atom. The smallest absolute Gasteiger partial charge is 0.223 e. The molecule has 1 saturated heterocycles. The summed E-state index contributed by atoms with van der Waals surface area (Å²) in [5.74, 6) is 0.319. The second-order valence-electron chi connectivity index (χ2n) is 6.05. The summed E-state index contributed by atoms with van der Waals surface area (Å²) in [5.41, 5.74) is 2.75. The topological polar surface area (TPSA) is 71.0 Å². The average Bonchev–Trinajstić information content (AvgIpc) is 2.87. The number of carbonyl (C=O) groups is 1. The van der Waals surface area contributed by atoms with Crippen LogP contribution in [0.1, 0.15) is 37.1 Å². The van der Waals surface area contributed by atoms with Crippen LogP contribution in [0, 0.1) is 6.92 Å². The van der Waals surface area contributed by atoms with E-state index in [2.05, 4.69) is 27.2 Å². The predicted octanol–water partition coefficient (Wildman–Crippen LogP) is 2.68. The van der Waals surface area contributed by atoms with Crippen molar-refractivity contribution >= 4 is 22.4 Å². The number of thiazole rings is 1. The number of anilines is 1. The molecule has 0 bridgehead atoms. The molecule has 1 N–H and O–H groups in total. The lowest BCUT2D eigenvalue weighted by Gasteiger charge is -2.29. The number of amides is 1. The van der Waals surface area contributed by atoms with E-state index < -0.39 is 0 Å². The fraction of sp³-hybridized carbons (Fsp3) is 0.500. The van der Waals surface area contributed by atoms with Crippen molar-refractivity contribution in [1.29, 1.82) is 0 Å². The van der Waals surface area contributed by atoms with Crippen molar-refractivity contribution in [3.63, 3.8) is 0 Å². The maximum Gasteiger partial charge on any atom is 0.223 e. The monoisotopic (exact) mass is 331 g/mol. The molecule has 7 heteroatoms. The van der Waals surface area contributed by atoms with E-state index in [1.165, 1.54) is 24.7 Å². The Morgan fingerprint density at radius 1 is 1.39 bits per heavy atom. The van der Waals surface area contributed by atoms with Gasteiger partial charge in [0.2, 0.25) is 5.91 Å². The molecule has 1 fully saturated rings. The first-order valence-electron chi connectivity index (χ1n) is 7.79. The Kier molecular flexibility index (Phi) is 4.68. The number of hydrogen-bond acceptors (Lipinski definition) is 6. The molecule has 1 atom stereocenters. The van der Waals surface area contributed by atoms with Crippen LogP contribution in [-0.2, 0) is 4.79 Å². The SMILES string of the molecule is CC(=O)Nc1nc(C)c(-c2cncc([C@H]3CCCN(C)C3)n2)s1. The first-order chi connectivity index (χ1) is 11.0. The number of aromatic nitrogens is 3. The van der Waals surface area contributed by atoms with E-state index in [-0.39, 0.29) is 5.91 Å². The summed E-state index contributed by atoms with van der Waals surface area (Å²) < 4.78 is 0. The minimum Gasteiger partial charge on any atom is -0.306 e.